The molecule has 0 unspecified atom stereocenters. The molecule has 2 aliphatic heterocycles. The summed E-state index contributed by atoms with van der Waals surface area (Å²) in [6.45, 7) is 0.837. The monoisotopic (exact) mass is 327 g/mol. The molecule has 0 aromatic heterocycles. The molecule has 0 aliphatic carbocycles. The molecule has 2 aromatic rings. The van der Waals surface area contributed by atoms with E-state index in [9.17, 15) is 4.79 Å². The number of rotatable bonds is 2. The maximum absolute atomic E-state index is 12.5. The Labute approximate surface area is 133 Å². The minimum atomic E-state index is -2.80. The molecule has 1 spiro atoms. The van der Waals surface area contributed by atoms with Crippen LogP contribution in [-0.2, 0) is 9.05 Å². The van der Waals surface area contributed by atoms with Gasteiger partial charge in [0.15, 0.2) is 5.45 Å². The lowest BCUT2D eigenvalue weighted by atomic mass is 10.2. The summed E-state index contributed by atoms with van der Waals surface area (Å²) < 4.78 is 15.7. The van der Waals surface area contributed by atoms with Crippen molar-refractivity contribution < 1.29 is 13.8 Å². The highest BCUT2D eigenvalue weighted by molar-refractivity contribution is 7.75. The van der Waals surface area contributed by atoms with E-state index in [1.54, 1.807) is 0 Å². The molecule has 2 amide bonds. The number of urea groups is 1. The molecule has 1 saturated heterocycles. The lowest BCUT2D eigenvalue weighted by Crippen LogP contribution is -2.28. The average molecular weight is 327 g/mol. The fraction of sp³-hybridized carbons (Fsp3) is 0.125. The summed E-state index contributed by atoms with van der Waals surface area (Å²) in [6.07, 6.45) is 0. The van der Waals surface area contributed by atoms with Crippen LogP contribution < -0.4 is 5.01 Å². The molecule has 0 N–H and O–H groups in total. The second-order valence-electron chi connectivity index (χ2n) is 5.01. The van der Waals surface area contributed by atoms with E-state index in [-0.39, 0.29) is 0 Å². The van der Waals surface area contributed by atoms with Crippen LogP contribution in [0.4, 0.5) is 10.5 Å². The molecule has 4 rings (SSSR count). The number of hydrazone groups is 1. The standard InChI is InChI=1S/C16H14N3O3P/c20-16-18-23(21-11-12-22-23)15(13-7-3-1-4-8-13)17-19(16)14-9-5-2-6-10-14/h1-10H,11-12H2. The highest BCUT2D eigenvalue weighted by Gasteiger charge is 2.41. The molecule has 0 bridgehead atoms. The predicted octanol–water partition coefficient (Wildman–Crippen LogP) is 4.07. The van der Waals surface area contributed by atoms with Crippen LogP contribution in [0, 0.1) is 0 Å². The van der Waals surface area contributed by atoms with Gasteiger partial charge >= 0.3 is 6.03 Å². The first-order valence-electron chi connectivity index (χ1n) is 7.24. The summed E-state index contributed by atoms with van der Waals surface area (Å²) in [4.78, 5) is 12.5. The summed E-state index contributed by atoms with van der Waals surface area (Å²) in [7, 11) is -2.80. The van der Waals surface area contributed by atoms with Gasteiger partial charge in [-0.3, -0.25) is 0 Å². The van der Waals surface area contributed by atoms with Crippen LogP contribution >= 0.6 is 7.51 Å². The van der Waals surface area contributed by atoms with Crippen molar-refractivity contribution in [2.75, 3.05) is 18.2 Å². The van der Waals surface area contributed by atoms with Crippen molar-refractivity contribution in [2.24, 2.45) is 9.85 Å². The van der Waals surface area contributed by atoms with Gasteiger partial charge in [0.2, 0.25) is 0 Å². The molecule has 2 heterocycles. The highest BCUT2D eigenvalue weighted by Crippen LogP contribution is 2.60. The minimum Gasteiger partial charge on any atom is -0.317 e. The van der Waals surface area contributed by atoms with Crippen LogP contribution in [0.2, 0.25) is 0 Å². The van der Waals surface area contributed by atoms with Crippen molar-refractivity contribution in [1.29, 1.82) is 0 Å². The van der Waals surface area contributed by atoms with Crippen molar-refractivity contribution in [2.45, 2.75) is 0 Å². The maximum Gasteiger partial charge on any atom is 0.371 e. The first kappa shape index (κ1) is 14.3. The Bertz CT molecular complexity index is 811. The molecular weight excluding hydrogens is 313 g/mol. The number of carbonyl (C=O) groups is 1. The van der Waals surface area contributed by atoms with Crippen LogP contribution in [0.3, 0.4) is 0 Å². The Morgan fingerprint density at radius 1 is 0.913 bits per heavy atom. The highest BCUT2D eigenvalue weighted by atomic mass is 31.2. The van der Waals surface area contributed by atoms with E-state index < -0.39 is 13.5 Å². The molecule has 7 heteroatoms. The van der Waals surface area contributed by atoms with Gasteiger partial charge in [0.1, 0.15) is 0 Å². The fourth-order valence-electron chi connectivity index (χ4n) is 2.48. The molecular formula is C16H14N3O3P. The molecule has 116 valence electrons. The SMILES string of the molecule is O=C1N=P2(OCCO2)C(c2ccccc2)=NN1c1ccccc1. The number of para-hydroxylation sites is 1. The van der Waals surface area contributed by atoms with Crippen molar-refractivity contribution in [3.63, 3.8) is 0 Å². The molecule has 0 atom stereocenters. The van der Waals surface area contributed by atoms with E-state index in [2.05, 4.69) is 9.85 Å². The van der Waals surface area contributed by atoms with E-state index in [1.165, 1.54) is 5.01 Å². The minimum absolute atomic E-state index is 0.418. The van der Waals surface area contributed by atoms with Crippen LogP contribution in [0.15, 0.2) is 70.5 Å². The third-order valence-electron chi connectivity index (χ3n) is 3.51. The molecule has 6 nitrogen and oxygen atoms in total. The topological polar surface area (TPSA) is 63.5 Å². The van der Waals surface area contributed by atoms with Gasteiger partial charge in [0, 0.05) is 5.56 Å². The Morgan fingerprint density at radius 2 is 1.52 bits per heavy atom. The third kappa shape index (κ3) is 2.51. The number of benzene rings is 2. The van der Waals surface area contributed by atoms with Crippen molar-refractivity contribution in [3.8, 4) is 0 Å². The van der Waals surface area contributed by atoms with Crippen LogP contribution in [0.1, 0.15) is 5.56 Å². The lowest BCUT2D eigenvalue weighted by Gasteiger charge is -2.27. The van der Waals surface area contributed by atoms with Crippen LogP contribution in [0.5, 0.6) is 0 Å². The van der Waals surface area contributed by atoms with Gasteiger partial charge < -0.3 is 9.05 Å². The van der Waals surface area contributed by atoms with Gasteiger partial charge in [-0.1, -0.05) is 48.5 Å². The average Bonchev–Trinajstić information content (AvgIpc) is 3.05. The van der Waals surface area contributed by atoms with Gasteiger partial charge in [0.05, 0.1) is 18.9 Å². The van der Waals surface area contributed by atoms with Crippen LogP contribution in [0.25, 0.3) is 0 Å². The summed E-state index contributed by atoms with van der Waals surface area (Å²) in [6, 6.07) is 18.3. The van der Waals surface area contributed by atoms with Gasteiger partial charge in [-0.15, -0.1) is 0 Å². The number of anilines is 1. The molecule has 2 aromatic carbocycles. The van der Waals surface area contributed by atoms with Gasteiger partial charge in [0.25, 0.3) is 7.51 Å². The van der Waals surface area contributed by atoms with Crippen molar-refractivity contribution in [1.82, 2.24) is 0 Å². The summed E-state index contributed by atoms with van der Waals surface area (Å²) >= 11 is 0. The maximum atomic E-state index is 12.5. The van der Waals surface area contributed by atoms with Crippen molar-refractivity contribution in [3.05, 3.63) is 66.2 Å². The molecule has 0 radical (unpaired) electrons. The Morgan fingerprint density at radius 3 is 2.17 bits per heavy atom. The zero-order chi connectivity index (χ0) is 15.7. The van der Waals surface area contributed by atoms with Gasteiger partial charge in [-0.25, -0.2) is 4.79 Å². The molecule has 1 fully saturated rings. The molecule has 2 aliphatic rings. The Balaban J connectivity index is 1.86. The van der Waals surface area contributed by atoms with E-state index in [4.69, 9.17) is 9.05 Å². The van der Waals surface area contributed by atoms with E-state index in [1.807, 2.05) is 60.7 Å². The second kappa shape index (κ2) is 5.74. The van der Waals surface area contributed by atoms with Crippen molar-refractivity contribution >= 4 is 24.7 Å². The first-order chi connectivity index (χ1) is 11.3. The quantitative estimate of drug-likeness (QED) is 0.781. The first-order valence-corrected chi connectivity index (χ1v) is 8.81. The summed E-state index contributed by atoms with van der Waals surface area (Å²) in [5.74, 6) is 0. The Kier molecular flexibility index (Phi) is 3.58. The number of amides is 2. The lowest BCUT2D eigenvalue weighted by molar-refractivity contribution is 0.253. The van der Waals surface area contributed by atoms with E-state index in [0.717, 1.165) is 5.56 Å². The van der Waals surface area contributed by atoms with E-state index in [0.29, 0.717) is 24.4 Å². The van der Waals surface area contributed by atoms with Crippen LogP contribution in [-0.4, -0.2) is 24.7 Å². The number of hydrogen-bond acceptors (Lipinski definition) is 4. The smallest absolute Gasteiger partial charge is 0.317 e. The second-order valence-corrected chi connectivity index (χ2v) is 7.19. The molecule has 23 heavy (non-hydrogen) atoms. The number of nitrogens with zero attached hydrogens (tertiary/aromatic N) is 3. The van der Waals surface area contributed by atoms with Gasteiger partial charge in [-0.2, -0.15) is 14.9 Å². The zero-order valence-corrected chi connectivity index (χ0v) is 13.1. The normalized spacial score (nSPS) is 19.6. The zero-order valence-electron chi connectivity index (χ0n) is 12.2. The van der Waals surface area contributed by atoms with Gasteiger partial charge in [-0.05, 0) is 12.1 Å². The Hall–Kier alpha value is -2.27. The number of hydrogen-bond donors (Lipinski definition) is 0. The predicted molar refractivity (Wildman–Crippen MR) is 88.5 cm³/mol. The largest absolute Gasteiger partial charge is 0.371 e. The third-order valence-corrected chi connectivity index (χ3v) is 5.89. The number of carbonyl (C=O) groups excluding carboxylic acids is 1. The van der Waals surface area contributed by atoms with E-state index >= 15 is 0 Å². The molecule has 0 saturated carbocycles. The summed E-state index contributed by atoms with van der Waals surface area (Å²) in [5, 5.41) is 5.83. The summed E-state index contributed by atoms with van der Waals surface area (Å²) in [5.41, 5.74) is 2.09. The fourth-order valence-corrected chi connectivity index (χ4v) is 4.64.